The molecule has 146 valence electrons. The fourth-order valence-corrected chi connectivity index (χ4v) is 3.10. The summed E-state index contributed by atoms with van der Waals surface area (Å²) in [5.74, 6) is -0.761. The zero-order valence-corrected chi connectivity index (χ0v) is 17.4. The van der Waals surface area contributed by atoms with Crippen LogP contribution in [0.5, 0.6) is 0 Å². The van der Waals surface area contributed by atoms with Crippen LogP contribution in [-0.4, -0.2) is 14.9 Å². The molecule has 5 nitrogen and oxygen atoms in total. The first-order valence-corrected chi connectivity index (χ1v) is 9.58. The third kappa shape index (κ3) is 3.99. The van der Waals surface area contributed by atoms with E-state index in [9.17, 15) is 18.8 Å². The number of hydrogen-bond acceptors (Lipinski definition) is 3. The summed E-state index contributed by atoms with van der Waals surface area (Å²) in [5.41, 5.74) is -0.936. The first-order chi connectivity index (χ1) is 13.1. The quantitative estimate of drug-likeness (QED) is 0.613. The van der Waals surface area contributed by atoms with Gasteiger partial charge < -0.3 is 0 Å². The van der Waals surface area contributed by atoms with Gasteiger partial charge in [0, 0.05) is 9.89 Å². The largest absolute Gasteiger partial charge is 0.332 e. The van der Waals surface area contributed by atoms with E-state index in [2.05, 4.69) is 15.9 Å². The first kappa shape index (κ1) is 20.2. The van der Waals surface area contributed by atoms with Crippen molar-refractivity contribution in [3.05, 3.63) is 79.2 Å². The van der Waals surface area contributed by atoms with E-state index in [1.165, 1.54) is 16.7 Å². The third-order valence-electron chi connectivity index (χ3n) is 4.58. The molecule has 3 rings (SSSR count). The summed E-state index contributed by atoms with van der Waals surface area (Å²) in [5, 5.41) is 0.194. The molecule has 0 aliphatic rings. The number of nitrogens with zero attached hydrogens (tertiary/aromatic N) is 2. The van der Waals surface area contributed by atoms with Gasteiger partial charge in [0.05, 0.1) is 24.0 Å². The van der Waals surface area contributed by atoms with Crippen LogP contribution in [0.4, 0.5) is 4.39 Å². The molecular weight excluding hydrogens is 427 g/mol. The maximum absolute atomic E-state index is 13.8. The van der Waals surface area contributed by atoms with Crippen LogP contribution < -0.4 is 11.2 Å². The highest BCUT2D eigenvalue weighted by Gasteiger charge is 2.24. The topological polar surface area (TPSA) is 61.1 Å². The van der Waals surface area contributed by atoms with E-state index < -0.39 is 22.5 Å². The highest BCUT2D eigenvalue weighted by Crippen LogP contribution is 2.18. The van der Waals surface area contributed by atoms with Crippen LogP contribution in [0.3, 0.4) is 0 Å². The summed E-state index contributed by atoms with van der Waals surface area (Å²) < 4.78 is 17.0. The average Bonchev–Trinajstić information content (AvgIpc) is 2.62. The Morgan fingerprint density at radius 1 is 1.04 bits per heavy atom. The van der Waals surface area contributed by atoms with Crippen LogP contribution in [0.1, 0.15) is 26.3 Å². The average molecular weight is 447 g/mol. The summed E-state index contributed by atoms with van der Waals surface area (Å²) in [6, 6.07) is 10.9. The molecule has 0 aliphatic carbocycles. The molecule has 0 unspecified atom stereocenters. The molecule has 0 fully saturated rings. The lowest BCUT2D eigenvalue weighted by atomic mass is 9.91. The summed E-state index contributed by atoms with van der Waals surface area (Å²) in [6.45, 7) is 5.08. The predicted molar refractivity (Wildman–Crippen MR) is 110 cm³/mol. The predicted octanol–water partition coefficient (Wildman–Crippen LogP) is 3.73. The van der Waals surface area contributed by atoms with Crippen molar-refractivity contribution in [2.45, 2.75) is 33.9 Å². The van der Waals surface area contributed by atoms with E-state index in [4.69, 9.17) is 0 Å². The molecule has 0 amide bonds. The number of halogens is 2. The molecule has 3 aromatic rings. The van der Waals surface area contributed by atoms with Gasteiger partial charge in [0.25, 0.3) is 5.56 Å². The number of hydrogen-bond donors (Lipinski definition) is 0. The van der Waals surface area contributed by atoms with Crippen LogP contribution in [0, 0.1) is 11.2 Å². The van der Waals surface area contributed by atoms with E-state index in [0.29, 0.717) is 0 Å². The highest BCUT2D eigenvalue weighted by molar-refractivity contribution is 9.10. The molecule has 0 radical (unpaired) electrons. The third-order valence-corrected chi connectivity index (χ3v) is 5.11. The molecule has 0 spiro atoms. The van der Waals surface area contributed by atoms with Gasteiger partial charge in [-0.15, -0.1) is 0 Å². The molecule has 0 saturated carbocycles. The van der Waals surface area contributed by atoms with Crippen molar-refractivity contribution in [3.8, 4) is 0 Å². The summed E-state index contributed by atoms with van der Waals surface area (Å²) in [4.78, 5) is 38.6. The number of aromatic nitrogens is 2. The van der Waals surface area contributed by atoms with Crippen LogP contribution in [0.2, 0.25) is 0 Å². The Bertz CT molecular complexity index is 1170. The van der Waals surface area contributed by atoms with Gasteiger partial charge in [-0.1, -0.05) is 48.8 Å². The first-order valence-electron chi connectivity index (χ1n) is 8.78. The van der Waals surface area contributed by atoms with E-state index in [1.54, 1.807) is 32.9 Å². The molecule has 0 atom stereocenters. The maximum Gasteiger partial charge on any atom is 0.332 e. The van der Waals surface area contributed by atoms with Crippen molar-refractivity contribution in [2.75, 3.05) is 0 Å². The lowest BCUT2D eigenvalue weighted by Crippen LogP contribution is -2.42. The van der Waals surface area contributed by atoms with Gasteiger partial charge in [-0.25, -0.2) is 9.18 Å². The van der Waals surface area contributed by atoms with Crippen molar-refractivity contribution in [3.63, 3.8) is 0 Å². The SMILES string of the molecule is CC(C)(C)C(=O)Cn1c(=O)n(Cc2ccc(Br)cc2)c(=O)c2ccc(F)cc21. The highest BCUT2D eigenvalue weighted by atomic mass is 79.9. The van der Waals surface area contributed by atoms with Gasteiger partial charge in [-0.2, -0.15) is 0 Å². The van der Waals surface area contributed by atoms with Gasteiger partial charge in [0.1, 0.15) is 5.82 Å². The van der Waals surface area contributed by atoms with E-state index in [-0.39, 0.29) is 29.8 Å². The molecule has 0 aliphatic heterocycles. The van der Waals surface area contributed by atoms with Crippen molar-refractivity contribution in [1.82, 2.24) is 9.13 Å². The maximum atomic E-state index is 13.8. The Balaban J connectivity index is 2.23. The van der Waals surface area contributed by atoms with Crippen molar-refractivity contribution >= 4 is 32.6 Å². The van der Waals surface area contributed by atoms with Crippen molar-refractivity contribution < 1.29 is 9.18 Å². The second-order valence-corrected chi connectivity index (χ2v) is 8.64. The molecule has 0 saturated heterocycles. The second kappa shape index (κ2) is 7.47. The zero-order chi connectivity index (χ0) is 20.6. The van der Waals surface area contributed by atoms with Gasteiger partial charge in [-0.05, 0) is 35.9 Å². The minimum atomic E-state index is -0.675. The Kier molecular flexibility index (Phi) is 5.39. The van der Waals surface area contributed by atoms with E-state index in [1.807, 2.05) is 12.1 Å². The number of fused-ring (bicyclic) bond motifs is 1. The molecule has 28 heavy (non-hydrogen) atoms. The number of Topliss-reactive ketones (excluding diaryl/α,β-unsaturated/α-hetero) is 1. The number of carbonyl (C=O) groups is 1. The monoisotopic (exact) mass is 446 g/mol. The minimum absolute atomic E-state index is 0.0575. The summed E-state index contributed by atoms with van der Waals surface area (Å²) in [6.07, 6.45) is 0. The van der Waals surface area contributed by atoms with Crippen molar-refractivity contribution in [1.29, 1.82) is 0 Å². The van der Waals surface area contributed by atoms with Gasteiger partial charge in [-0.3, -0.25) is 18.7 Å². The van der Waals surface area contributed by atoms with Crippen LogP contribution in [0.25, 0.3) is 10.9 Å². The number of carbonyl (C=O) groups excluding carboxylic acids is 1. The fourth-order valence-electron chi connectivity index (χ4n) is 2.84. The molecule has 0 bridgehead atoms. The second-order valence-electron chi connectivity index (χ2n) is 7.72. The number of ketones is 1. The summed E-state index contributed by atoms with van der Waals surface area (Å²) in [7, 11) is 0. The van der Waals surface area contributed by atoms with Crippen LogP contribution >= 0.6 is 15.9 Å². The Morgan fingerprint density at radius 3 is 2.29 bits per heavy atom. The van der Waals surface area contributed by atoms with Crippen LogP contribution in [-0.2, 0) is 17.9 Å². The van der Waals surface area contributed by atoms with E-state index >= 15 is 0 Å². The lowest BCUT2D eigenvalue weighted by Gasteiger charge is -2.19. The number of benzene rings is 2. The normalized spacial score (nSPS) is 11.8. The fraction of sp³-hybridized carbons (Fsp3) is 0.286. The smallest absolute Gasteiger partial charge is 0.297 e. The molecule has 1 aromatic heterocycles. The van der Waals surface area contributed by atoms with Crippen LogP contribution in [0.15, 0.2) is 56.5 Å². The number of rotatable bonds is 4. The van der Waals surface area contributed by atoms with E-state index in [0.717, 1.165) is 20.7 Å². The Labute approximate surface area is 169 Å². The molecule has 0 N–H and O–H groups in total. The van der Waals surface area contributed by atoms with Crippen molar-refractivity contribution in [2.24, 2.45) is 5.41 Å². The molecule has 2 aromatic carbocycles. The Hall–Kier alpha value is -2.54. The molecule has 7 heteroatoms. The van der Waals surface area contributed by atoms with Gasteiger partial charge in [0.2, 0.25) is 0 Å². The summed E-state index contributed by atoms with van der Waals surface area (Å²) >= 11 is 3.35. The minimum Gasteiger partial charge on any atom is -0.297 e. The standard InChI is InChI=1S/C21H20BrFN2O3/c1-21(2,3)18(26)12-24-17-10-15(23)8-9-16(17)19(27)25(20(24)28)11-13-4-6-14(22)7-5-13/h4-10H,11-12H2,1-3H3. The molecule has 1 heterocycles. The van der Waals surface area contributed by atoms with Gasteiger partial charge >= 0.3 is 5.69 Å². The lowest BCUT2D eigenvalue weighted by molar-refractivity contribution is -0.126. The Morgan fingerprint density at radius 2 is 1.68 bits per heavy atom. The molecular formula is C21H20BrFN2O3. The van der Waals surface area contributed by atoms with Gasteiger partial charge in [0.15, 0.2) is 5.78 Å². The zero-order valence-electron chi connectivity index (χ0n) is 15.8.